The van der Waals surface area contributed by atoms with Crippen LogP contribution in [-0.4, -0.2) is 30.4 Å². The average molecular weight is 526 g/mol. The maximum Gasteiger partial charge on any atom is 0.449 e. The SMILES string of the molecule is C[C@H]1C[C@@H](c2cc3c(=O)n(C)c(C(F)(F)F)nc3c(-c3ccc(C#N)cc3F)n2)C[C@H](c2cnn(C)c2)O1. The molecule has 38 heavy (non-hydrogen) atoms. The zero-order valence-corrected chi connectivity index (χ0v) is 20.6. The Hall–Kier alpha value is -4.11. The minimum atomic E-state index is -4.92. The van der Waals surface area contributed by atoms with Crippen molar-refractivity contribution >= 4 is 10.9 Å². The number of hydrogen-bond donors (Lipinski definition) is 0. The van der Waals surface area contributed by atoms with Crippen LogP contribution in [0.3, 0.4) is 0 Å². The third-order valence-electron chi connectivity index (χ3n) is 6.72. The predicted molar refractivity (Wildman–Crippen MR) is 128 cm³/mol. The lowest BCUT2D eigenvalue weighted by Gasteiger charge is -2.33. The van der Waals surface area contributed by atoms with Crippen molar-refractivity contribution in [2.24, 2.45) is 14.1 Å². The molecule has 8 nitrogen and oxygen atoms in total. The molecule has 3 aromatic heterocycles. The molecule has 5 rings (SSSR count). The summed E-state index contributed by atoms with van der Waals surface area (Å²) in [6, 6.07) is 6.83. The molecule has 3 atom stereocenters. The number of nitrogens with zero attached hydrogens (tertiary/aromatic N) is 6. The van der Waals surface area contributed by atoms with Crippen LogP contribution in [0.4, 0.5) is 17.6 Å². The first-order chi connectivity index (χ1) is 18.0. The number of hydrogen-bond acceptors (Lipinski definition) is 6. The standard InChI is InChI=1S/C26H22F4N6O2/c1-13-6-15(8-21(38-13)16-11-32-35(2)12-16)20-9-18-23(34-25(26(28,29)30)36(3)24(18)37)22(33-20)17-5-4-14(10-31)7-19(17)27/h4-5,7,9,11-13,15,21H,6,8H2,1-3H3/t13-,15+,21+/m0/s1. The van der Waals surface area contributed by atoms with E-state index in [1.807, 2.05) is 19.2 Å². The number of rotatable bonds is 3. The van der Waals surface area contributed by atoms with Gasteiger partial charge in [0.25, 0.3) is 5.56 Å². The highest BCUT2D eigenvalue weighted by Crippen LogP contribution is 2.41. The maximum atomic E-state index is 15.1. The van der Waals surface area contributed by atoms with Gasteiger partial charge in [0.05, 0.1) is 41.1 Å². The topological polar surface area (TPSA) is 98.6 Å². The molecular weight excluding hydrogens is 504 g/mol. The zero-order chi connectivity index (χ0) is 27.4. The number of nitriles is 1. The van der Waals surface area contributed by atoms with Crippen LogP contribution in [0.1, 0.15) is 54.4 Å². The van der Waals surface area contributed by atoms with Gasteiger partial charge in [-0.05, 0) is 44.0 Å². The molecule has 0 bridgehead atoms. The molecule has 0 N–H and O–H groups in total. The van der Waals surface area contributed by atoms with Crippen molar-refractivity contribution in [3.63, 3.8) is 0 Å². The van der Waals surface area contributed by atoms with Crippen molar-refractivity contribution in [2.45, 2.75) is 44.1 Å². The monoisotopic (exact) mass is 526 g/mol. The van der Waals surface area contributed by atoms with Crippen molar-refractivity contribution in [1.29, 1.82) is 5.26 Å². The van der Waals surface area contributed by atoms with Gasteiger partial charge < -0.3 is 4.74 Å². The summed E-state index contributed by atoms with van der Waals surface area (Å²) < 4.78 is 64.5. The van der Waals surface area contributed by atoms with Crippen LogP contribution in [0.5, 0.6) is 0 Å². The minimum Gasteiger partial charge on any atom is -0.370 e. The second-order valence-electron chi connectivity index (χ2n) is 9.45. The van der Waals surface area contributed by atoms with Crippen molar-refractivity contribution in [2.75, 3.05) is 0 Å². The van der Waals surface area contributed by atoms with Gasteiger partial charge in [0.1, 0.15) is 11.3 Å². The Morgan fingerprint density at radius 3 is 2.55 bits per heavy atom. The molecule has 12 heteroatoms. The summed E-state index contributed by atoms with van der Waals surface area (Å²) in [6.07, 6.45) is -0.906. The molecule has 0 spiro atoms. The average Bonchev–Trinajstić information content (AvgIpc) is 3.31. The van der Waals surface area contributed by atoms with Crippen molar-refractivity contribution in [3.05, 3.63) is 75.5 Å². The number of aryl methyl sites for hydroxylation is 1. The van der Waals surface area contributed by atoms with E-state index in [2.05, 4.69) is 15.1 Å². The fraction of sp³-hybridized carbons (Fsp3) is 0.346. The van der Waals surface area contributed by atoms with E-state index in [1.165, 1.54) is 18.2 Å². The summed E-state index contributed by atoms with van der Waals surface area (Å²) in [5.41, 5.74) is -0.339. The molecule has 4 aromatic rings. The molecule has 0 radical (unpaired) electrons. The molecule has 1 aliphatic rings. The zero-order valence-electron chi connectivity index (χ0n) is 20.6. The fourth-order valence-electron chi connectivity index (χ4n) is 4.93. The molecule has 1 aliphatic heterocycles. The Kier molecular flexibility index (Phi) is 6.27. The van der Waals surface area contributed by atoms with Crippen molar-refractivity contribution in [1.82, 2.24) is 24.3 Å². The van der Waals surface area contributed by atoms with Gasteiger partial charge in [-0.1, -0.05) is 0 Å². The maximum absolute atomic E-state index is 15.1. The molecule has 4 heterocycles. The van der Waals surface area contributed by atoms with Gasteiger partial charge in [0, 0.05) is 43.0 Å². The predicted octanol–water partition coefficient (Wildman–Crippen LogP) is 4.78. The third-order valence-corrected chi connectivity index (χ3v) is 6.72. The van der Waals surface area contributed by atoms with Crippen LogP contribution >= 0.6 is 0 Å². The molecular formula is C26H22F4N6O2. The van der Waals surface area contributed by atoms with Crippen LogP contribution in [0.2, 0.25) is 0 Å². The van der Waals surface area contributed by atoms with Crippen LogP contribution in [-0.2, 0) is 25.0 Å². The lowest BCUT2D eigenvalue weighted by atomic mass is 9.86. The second kappa shape index (κ2) is 9.33. The number of alkyl halides is 3. The molecule has 1 aromatic carbocycles. The molecule has 1 saturated heterocycles. The lowest BCUT2D eigenvalue weighted by molar-refractivity contribution is -0.147. The Bertz CT molecular complexity index is 1650. The summed E-state index contributed by atoms with van der Waals surface area (Å²) in [4.78, 5) is 21.5. The highest BCUT2D eigenvalue weighted by molar-refractivity contribution is 5.91. The van der Waals surface area contributed by atoms with Gasteiger partial charge in [-0.25, -0.2) is 9.37 Å². The second-order valence-corrected chi connectivity index (χ2v) is 9.45. The lowest BCUT2D eigenvalue weighted by Crippen LogP contribution is -2.29. The van der Waals surface area contributed by atoms with E-state index >= 15 is 4.39 Å². The van der Waals surface area contributed by atoms with Crippen LogP contribution in [0, 0.1) is 17.1 Å². The van der Waals surface area contributed by atoms with Crippen molar-refractivity contribution < 1.29 is 22.3 Å². The number of aromatic nitrogens is 5. The first kappa shape index (κ1) is 25.5. The van der Waals surface area contributed by atoms with E-state index in [9.17, 15) is 18.0 Å². The molecule has 0 aliphatic carbocycles. The Morgan fingerprint density at radius 1 is 1.16 bits per heavy atom. The number of halogens is 4. The molecule has 196 valence electrons. The number of benzene rings is 1. The van der Waals surface area contributed by atoms with E-state index in [1.54, 1.807) is 17.9 Å². The number of pyridine rings is 1. The van der Waals surface area contributed by atoms with E-state index < -0.39 is 23.4 Å². The first-order valence-electron chi connectivity index (χ1n) is 11.8. The summed E-state index contributed by atoms with van der Waals surface area (Å²) in [7, 11) is 2.78. The van der Waals surface area contributed by atoms with Gasteiger partial charge in [-0.3, -0.25) is 19.0 Å². The summed E-state index contributed by atoms with van der Waals surface area (Å²) >= 11 is 0. The van der Waals surface area contributed by atoms with Gasteiger partial charge in [-0.2, -0.15) is 23.5 Å². The highest BCUT2D eigenvalue weighted by atomic mass is 19.4. The first-order valence-corrected chi connectivity index (χ1v) is 11.8. The van der Waals surface area contributed by atoms with Gasteiger partial charge in [0.2, 0.25) is 5.82 Å². The summed E-state index contributed by atoms with van der Waals surface area (Å²) in [5.74, 6) is -2.53. The fourth-order valence-corrected chi connectivity index (χ4v) is 4.93. The summed E-state index contributed by atoms with van der Waals surface area (Å²) in [5, 5.41) is 13.2. The van der Waals surface area contributed by atoms with E-state index in [-0.39, 0.29) is 45.8 Å². The number of fused-ring (bicyclic) bond motifs is 1. The van der Waals surface area contributed by atoms with Crippen LogP contribution in [0.15, 0.2) is 41.5 Å². The quantitative estimate of drug-likeness (QED) is 0.356. The smallest absolute Gasteiger partial charge is 0.370 e. The Balaban J connectivity index is 1.73. The molecule has 0 unspecified atom stereocenters. The normalized spacial score (nSPS) is 20.0. The Labute approximate surface area is 214 Å². The largest absolute Gasteiger partial charge is 0.449 e. The van der Waals surface area contributed by atoms with E-state index in [0.29, 0.717) is 23.1 Å². The van der Waals surface area contributed by atoms with E-state index in [0.717, 1.165) is 18.7 Å². The third kappa shape index (κ3) is 4.54. The van der Waals surface area contributed by atoms with Crippen molar-refractivity contribution in [3.8, 4) is 17.3 Å². The molecule has 0 amide bonds. The summed E-state index contributed by atoms with van der Waals surface area (Å²) in [6.45, 7) is 1.90. The van der Waals surface area contributed by atoms with Crippen LogP contribution < -0.4 is 5.56 Å². The van der Waals surface area contributed by atoms with Gasteiger partial charge in [0.15, 0.2) is 0 Å². The number of ether oxygens (including phenoxy) is 1. The highest BCUT2D eigenvalue weighted by Gasteiger charge is 2.38. The van der Waals surface area contributed by atoms with E-state index in [4.69, 9.17) is 10.00 Å². The minimum absolute atomic E-state index is 0.0316. The van der Waals surface area contributed by atoms with Gasteiger partial charge in [-0.15, -0.1) is 0 Å². The molecule has 1 fully saturated rings. The van der Waals surface area contributed by atoms with Gasteiger partial charge >= 0.3 is 6.18 Å². The van der Waals surface area contributed by atoms with Crippen LogP contribution in [0.25, 0.3) is 22.2 Å². The molecule has 0 saturated carbocycles. The Morgan fingerprint density at radius 2 is 1.92 bits per heavy atom.